The smallest absolute Gasteiger partial charge is 0.335 e. The van der Waals surface area contributed by atoms with Gasteiger partial charge in [-0.25, -0.2) is 4.79 Å². The molecule has 5 nitrogen and oxygen atoms in total. The molecule has 0 spiro atoms. The summed E-state index contributed by atoms with van der Waals surface area (Å²) in [6, 6.07) is 13.6. The van der Waals surface area contributed by atoms with Crippen LogP contribution in [0.4, 0.5) is 0 Å². The molecule has 0 aliphatic rings. The average Bonchev–Trinajstić information content (AvgIpc) is 2.58. The summed E-state index contributed by atoms with van der Waals surface area (Å²) >= 11 is 0. The van der Waals surface area contributed by atoms with Crippen molar-refractivity contribution in [3.05, 3.63) is 59.7 Å². The van der Waals surface area contributed by atoms with Gasteiger partial charge >= 0.3 is 5.97 Å². The van der Waals surface area contributed by atoms with Gasteiger partial charge in [-0.2, -0.15) is 0 Å². The van der Waals surface area contributed by atoms with Crippen molar-refractivity contribution < 1.29 is 24.2 Å². The second-order valence-corrected chi connectivity index (χ2v) is 6.72. The van der Waals surface area contributed by atoms with Gasteiger partial charge in [-0.3, -0.25) is 4.79 Å². The third-order valence-electron chi connectivity index (χ3n) is 3.62. The van der Waals surface area contributed by atoms with E-state index in [1.165, 1.54) is 29.8 Å². The number of ether oxygens (including phenoxy) is 2. The second kappa shape index (κ2) is 7.83. The van der Waals surface area contributed by atoms with Crippen molar-refractivity contribution in [3.8, 4) is 11.5 Å². The van der Waals surface area contributed by atoms with E-state index < -0.39 is 5.97 Å². The highest BCUT2D eigenvalue weighted by molar-refractivity contribution is 5.87. The van der Waals surface area contributed by atoms with Gasteiger partial charge in [-0.1, -0.05) is 32.9 Å². The van der Waals surface area contributed by atoms with E-state index in [0.717, 1.165) is 0 Å². The van der Waals surface area contributed by atoms with Crippen LogP contribution in [0.1, 0.15) is 36.7 Å². The molecule has 1 N–H and O–H groups in total. The number of carbonyl (C=O) groups excluding carboxylic acids is 1. The maximum Gasteiger partial charge on any atom is 0.335 e. The van der Waals surface area contributed by atoms with Crippen molar-refractivity contribution in [2.24, 2.45) is 0 Å². The number of benzene rings is 2. The molecule has 0 fully saturated rings. The van der Waals surface area contributed by atoms with E-state index in [1.807, 2.05) is 24.3 Å². The Morgan fingerprint density at radius 3 is 1.68 bits per heavy atom. The summed E-state index contributed by atoms with van der Waals surface area (Å²) < 4.78 is 10.8. The van der Waals surface area contributed by atoms with Crippen molar-refractivity contribution in [2.75, 3.05) is 13.2 Å². The van der Waals surface area contributed by atoms with E-state index in [4.69, 9.17) is 14.6 Å². The highest BCUT2D eigenvalue weighted by atomic mass is 16.5. The maximum absolute atomic E-state index is 11.8. The van der Waals surface area contributed by atoms with Crippen molar-refractivity contribution in [2.45, 2.75) is 26.2 Å². The molecule has 25 heavy (non-hydrogen) atoms. The van der Waals surface area contributed by atoms with Gasteiger partial charge in [0.2, 0.25) is 5.78 Å². The Morgan fingerprint density at radius 2 is 1.28 bits per heavy atom. The van der Waals surface area contributed by atoms with Crippen LogP contribution in [-0.2, 0) is 10.2 Å². The third kappa shape index (κ3) is 5.64. The SMILES string of the molecule is CC(C)(C)c1ccc(OCC(=O)COc2ccc(C(=O)O)cc2)cc1. The largest absolute Gasteiger partial charge is 0.486 e. The first-order valence-electron chi connectivity index (χ1n) is 7.97. The molecular weight excluding hydrogens is 320 g/mol. The quantitative estimate of drug-likeness (QED) is 0.830. The lowest BCUT2D eigenvalue weighted by Crippen LogP contribution is -2.19. The lowest BCUT2D eigenvalue weighted by molar-refractivity contribution is -0.123. The van der Waals surface area contributed by atoms with Gasteiger partial charge in [-0.15, -0.1) is 0 Å². The molecule has 2 aromatic carbocycles. The van der Waals surface area contributed by atoms with Crippen molar-refractivity contribution >= 4 is 11.8 Å². The van der Waals surface area contributed by atoms with E-state index in [2.05, 4.69) is 20.8 Å². The fraction of sp³-hybridized carbons (Fsp3) is 0.300. The van der Waals surface area contributed by atoms with Crippen LogP contribution in [0.15, 0.2) is 48.5 Å². The number of carboxylic acids is 1. The van der Waals surface area contributed by atoms with Gasteiger partial charge < -0.3 is 14.6 Å². The first-order valence-corrected chi connectivity index (χ1v) is 7.97. The number of carbonyl (C=O) groups is 2. The number of Topliss-reactive ketones (excluding diaryl/α,β-unsaturated/α-hetero) is 1. The Labute approximate surface area is 147 Å². The van der Waals surface area contributed by atoms with Crippen molar-refractivity contribution in [3.63, 3.8) is 0 Å². The number of ketones is 1. The van der Waals surface area contributed by atoms with E-state index in [0.29, 0.717) is 11.5 Å². The molecular formula is C20H22O5. The van der Waals surface area contributed by atoms with Crippen LogP contribution in [0.3, 0.4) is 0 Å². The van der Waals surface area contributed by atoms with Crippen LogP contribution in [0.2, 0.25) is 0 Å². The van der Waals surface area contributed by atoms with E-state index >= 15 is 0 Å². The topological polar surface area (TPSA) is 72.8 Å². The predicted octanol–water partition coefficient (Wildman–Crippen LogP) is 3.71. The van der Waals surface area contributed by atoms with Gasteiger partial charge in [-0.05, 0) is 47.4 Å². The number of hydrogen-bond donors (Lipinski definition) is 1. The van der Waals surface area contributed by atoms with Crippen LogP contribution >= 0.6 is 0 Å². The number of carboxylic acid groups (broad SMARTS) is 1. The normalized spacial score (nSPS) is 11.0. The average molecular weight is 342 g/mol. The molecule has 0 unspecified atom stereocenters. The third-order valence-corrected chi connectivity index (χ3v) is 3.62. The van der Waals surface area contributed by atoms with Gasteiger partial charge in [0.1, 0.15) is 24.7 Å². The molecule has 0 aliphatic heterocycles. The summed E-state index contributed by atoms with van der Waals surface area (Å²) in [6.07, 6.45) is 0. The minimum Gasteiger partial charge on any atom is -0.486 e. The molecule has 0 bridgehead atoms. The number of aromatic carboxylic acids is 1. The molecule has 0 heterocycles. The molecule has 2 aromatic rings. The molecule has 2 rings (SSSR count). The van der Waals surface area contributed by atoms with E-state index in [1.54, 1.807) is 0 Å². The Hall–Kier alpha value is -2.82. The minimum atomic E-state index is -1.01. The number of rotatable bonds is 7. The van der Waals surface area contributed by atoms with E-state index in [9.17, 15) is 9.59 Å². The van der Waals surface area contributed by atoms with Gasteiger partial charge in [0.15, 0.2) is 0 Å². The zero-order valence-corrected chi connectivity index (χ0v) is 14.6. The fourth-order valence-corrected chi connectivity index (χ4v) is 2.11. The molecule has 0 amide bonds. The molecule has 5 heteroatoms. The Kier molecular flexibility index (Phi) is 5.80. The van der Waals surface area contributed by atoms with Crippen LogP contribution in [0.5, 0.6) is 11.5 Å². The van der Waals surface area contributed by atoms with E-state index in [-0.39, 0.29) is 30.0 Å². The maximum atomic E-state index is 11.8. The summed E-state index contributed by atoms with van der Waals surface area (Å²) in [5.74, 6) is -0.143. The molecule has 0 atom stereocenters. The van der Waals surface area contributed by atoms with Gasteiger partial charge in [0.05, 0.1) is 5.56 Å². The Morgan fingerprint density at radius 1 is 0.840 bits per heavy atom. The minimum absolute atomic E-state index is 0.0678. The van der Waals surface area contributed by atoms with Gasteiger partial charge in [0.25, 0.3) is 0 Å². The first-order chi connectivity index (χ1) is 11.8. The molecule has 0 saturated heterocycles. The standard InChI is InChI=1S/C20H22O5/c1-20(2,3)15-6-10-18(11-7-15)25-13-16(21)12-24-17-8-4-14(5-9-17)19(22)23/h4-11H,12-13H2,1-3H3,(H,22,23). The summed E-state index contributed by atoms with van der Waals surface area (Å²) in [5, 5.41) is 8.82. The summed E-state index contributed by atoms with van der Waals surface area (Å²) in [5.41, 5.74) is 1.43. The fourth-order valence-electron chi connectivity index (χ4n) is 2.11. The number of hydrogen-bond acceptors (Lipinski definition) is 4. The zero-order chi connectivity index (χ0) is 18.4. The lowest BCUT2D eigenvalue weighted by atomic mass is 9.87. The first kappa shape index (κ1) is 18.5. The van der Waals surface area contributed by atoms with Crippen molar-refractivity contribution in [1.29, 1.82) is 0 Å². The molecule has 0 aromatic heterocycles. The zero-order valence-electron chi connectivity index (χ0n) is 14.6. The highest BCUT2D eigenvalue weighted by Gasteiger charge is 2.13. The summed E-state index contributed by atoms with van der Waals surface area (Å²) in [7, 11) is 0. The monoisotopic (exact) mass is 342 g/mol. The van der Waals surface area contributed by atoms with Crippen LogP contribution < -0.4 is 9.47 Å². The summed E-state index contributed by atoms with van der Waals surface area (Å²) in [6.45, 7) is 6.18. The second-order valence-electron chi connectivity index (χ2n) is 6.72. The molecule has 0 saturated carbocycles. The lowest BCUT2D eigenvalue weighted by Gasteiger charge is -2.19. The van der Waals surface area contributed by atoms with Crippen LogP contribution in [0, 0.1) is 0 Å². The van der Waals surface area contributed by atoms with Crippen molar-refractivity contribution in [1.82, 2.24) is 0 Å². The van der Waals surface area contributed by atoms with Gasteiger partial charge in [0, 0.05) is 0 Å². The Bertz CT molecular complexity index is 724. The summed E-state index contributed by atoms with van der Waals surface area (Å²) in [4.78, 5) is 22.6. The molecule has 0 aliphatic carbocycles. The Balaban J connectivity index is 1.79. The molecule has 0 radical (unpaired) electrons. The van der Waals surface area contributed by atoms with Crippen LogP contribution in [0.25, 0.3) is 0 Å². The molecule has 132 valence electrons. The van der Waals surface area contributed by atoms with Crippen LogP contribution in [-0.4, -0.2) is 30.1 Å². The highest BCUT2D eigenvalue weighted by Crippen LogP contribution is 2.24. The predicted molar refractivity (Wildman–Crippen MR) is 94.5 cm³/mol.